The molecule has 0 aliphatic carbocycles. The van der Waals surface area contributed by atoms with Crippen molar-refractivity contribution in [2.24, 2.45) is 0 Å². The van der Waals surface area contributed by atoms with Crippen LogP contribution in [0.25, 0.3) is 0 Å². The Hall–Kier alpha value is -4.44. The molecule has 7 nitrogen and oxygen atoms in total. The Kier molecular flexibility index (Phi) is 7.45. The molecule has 1 aliphatic heterocycles. The summed E-state index contributed by atoms with van der Waals surface area (Å²) in [7, 11) is 1.25. The molecule has 0 aromatic heterocycles. The van der Waals surface area contributed by atoms with Crippen LogP contribution in [0.5, 0.6) is 0 Å². The Bertz CT molecular complexity index is 1340. The third-order valence-electron chi connectivity index (χ3n) is 6.37. The standard InChI is InChI=1S/C29H27N3O4/c1-20-6-3-4-8-25(20)32(29(35)36-2)28(34)24-14-15-26-23(18-24)7-5-17-31(26)27(33)16-13-21-9-11-22(19-30)12-10-21/h3-4,6,8-12,14-15,18H,5,7,13,16-17H2,1-2H3. The van der Waals surface area contributed by atoms with Gasteiger partial charge in [0.1, 0.15) is 0 Å². The summed E-state index contributed by atoms with van der Waals surface area (Å²) in [6.45, 7) is 2.44. The summed E-state index contributed by atoms with van der Waals surface area (Å²) in [5.74, 6) is -0.473. The van der Waals surface area contributed by atoms with Crippen LogP contribution < -0.4 is 9.80 Å². The number of carbonyl (C=O) groups is 3. The number of para-hydroxylation sites is 1. The molecule has 4 rings (SSSR count). The maximum Gasteiger partial charge on any atom is 0.421 e. The molecule has 3 amide bonds. The van der Waals surface area contributed by atoms with Gasteiger partial charge >= 0.3 is 6.09 Å². The van der Waals surface area contributed by atoms with Crippen LogP contribution in [0, 0.1) is 18.3 Å². The highest BCUT2D eigenvalue weighted by molar-refractivity contribution is 6.19. The minimum atomic E-state index is -0.758. The lowest BCUT2D eigenvalue weighted by Crippen LogP contribution is -2.38. The van der Waals surface area contributed by atoms with Crippen LogP contribution in [0.15, 0.2) is 66.7 Å². The van der Waals surface area contributed by atoms with Crippen molar-refractivity contribution in [2.45, 2.75) is 32.6 Å². The van der Waals surface area contributed by atoms with Crippen molar-refractivity contribution in [1.29, 1.82) is 5.26 Å². The zero-order valence-electron chi connectivity index (χ0n) is 20.4. The monoisotopic (exact) mass is 481 g/mol. The van der Waals surface area contributed by atoms with Crippen LogP contribution in [0.3, 0.4) is 0 Å². The number of hydrogen-bond acceptors (Lipinski definition) is 5. The lowest BCUT2D eigenvalue weighted by molar-refractivity contribution is -0.118. The Labute approximate surface area is 210 Å². The molecule has 0 spiro atoms. The van der Waals surface area contributed by atoms with Crippen LogP contribution >= 0.6 is 0 Å². The number of carbonyl (C=O) groups excluding carboxylic acids is 3. The molecule has 0 saturated carbocycles. The van der Waals surface area contributed by atoms with Gasteiger partial charge in [0.25, 0.3) is 5.91 Å². The van der Waals surface area contributed by atoms with Gasteiger partial charge in [-0.3, -0.25) is 9.59 Å². The number of ether oxygens (including phenoxy) is 1. The largest absolute Gasteiger partial charge is 0.452 e. The number of methoxy groups -OCH3 is 1. The molecule has 0 N–H and O–H groups in total. The van der Waals surface area contributed by atoms with E-state index in [-0.39, 0.29) is 5.91 Å². The van der Waals surface area contributed by atoms with Crippen LogP contribution in [0.1, 0.15) is 45.5 Å². The van der Waals surface area contributed by atoms with Crippen molar-refractivity contribution in [3.63, 3.8) is 0 Å². The van der Waals surface area contributed by atoms with Crippen molar-refractivity contribution in [3.05, 3.63) is 94.5 Å². The number of rotatable bonds is 5. The molecule has 0 bridgehead atoms. The molecule has 0 saturated heterocycles. The van der Waals surface area contributed by atoms with Gasteiger partial charge in [-0.1, -0.05) is 30.3 Å². The molecule has 0 fully saturated rings. The molecule has 7 heteroatoms. The van der Waals surface area contributed by atoms with Crippen molar-refractivity contribution in [3.8, 4) is 6.07 Å². The minimum Gasteiger partial charge on any atom is -0.452 e. The molecule has 0 atom stereocenters. The highest BCUT2D eigenvalue weighted by atomic mass is 16.5. The number of nitriles is 1. The van der Waals surface area contributed by atoms with Gasteiger partial charge in [0, 0.05) is 24.2 Å². The van der Waals surface area contributed by atoms with Crippen molar-refractivity contribution in [2.75, 3.05) is 23.5 Å². The van der Waals surface area contributed by atoms with Gasteiger partial charge in [0.05, 0.1) is 24.4 Å². The molecule has 0 radical (unpaired) electrons. The SMILES string of the molecule is COC(=O)N(C(=O)c1ccc2c(c1)CCCN2C(=O)CCc1ccc(C#N)cc1)c1ccccc1C. The molecule has 0 unspecified atom stereocenters. The number of nitrogens with zero attached hydrogens (tertiary/aromatic N) is 3. The zero-order chi connectivity index (χ0) is 25.7. The van der Waals surface area contributed by atoms with Crippen LogP contribution in [0.2, 0.25) is 0 Å². The number of anilines is 2. The van der Waals surface area contributed by atoms with Crippen molar-refractivity contribution in [1.82, 2.24) is 0 Å². The van der Waals surface area contributed by atoms with Crippen molar-refractivity contribution >= 4 is 29.3 Å². The van der Waals surface area contributed by atoms with Gasteiger partial charge in [-0.15, -0.1) is 0 Å². The Balaban J connectivity index is 1.54. The van der Waals surface area contributed by atoms with E-state index in [9.17, 15) is 14.4 Å². The first kappa shape index (κ1) is 24.7. The Morgan fingerprint density at radius 1 is 1.06 bits per heavy atom. The van der Waals surface area contributed by atoms with Crippen LogP contribution in [-0.2, 0) is 22.4 Å². The maximum atomic E-state index is 13.4. The normalized spacial score (nSPS) is 12.3. The van der Waals surface area contributed by atoms with E-state index in [4.69, 9.17) is 10.00 Å². The van der Waals surface area contributed by atoms with E-state index >= 15 is 0 Å². The summed E-state index contributed by atoms with van der Waals surface area (Å²) in [4.78, 5) is 41.9. The lowest BCUT2D eigenvalue weighted by Gasteiger charge is -2.30. The number of imide groups is 1. The third-order valence-corrected chi connectivity index (χ3v) is 6.37. The van der Waals surface area contributed by atoms with E-state index in [0.29, 0.717) is 36.2 Å². The van der Waals surface area contributed by atoms with Gasteiger partial charge in [-0.2, -0.15) is 5.26 Å². The van der Waals surface area contributed by atoms with Gasteiger partial charge in [-0.05, 0) is 79.3 Å². The smallest absolute Gasteiger partial charge is 0.421 e. The third kappa shape index (κ3) is 5.13. The van der Waals surface area contributed by atoms with Gasteiger partial charge in [0.15, 0.2) is 0 Å². The second-order valence-corrected chi connectivity index (χ2v) is 8.70. The minimum absolute atomic E-state index is 0.00971. The summed E-state index contributed by atoms with van der Waals surface area (Å²) in [5, 5.41) is 8.95. The first-order chi connectivity index (χ1) is 17.4. The average molecular weight is 482 g/mol. The van der Waals surface area contributed by atoms with Gasteiger partial charge < -0.3 is 9.64 Å². The lowest BCUT2D eigenvalue weighted by atomic mass is 9.97. The number of fused-ring (bicyclic) bond motifs is 1. The summed E-state index contributed by atoms with van der Waals surface area (Å²) in [6.07, 6.45) is 1.68. The highest BCUT2D eigenvalue weighted by Crippen LogP contribution is 2.30. The quantitative estimate of drug-likeness (QED) is 0.500. The van der Waals surface area contributed by atoms with Crippen LogP contribution in [0.4, 0.5) is 16.2 Å². The molecule has 182 valence electrons. The van der Waals surface area contributed by atoms with E-state index < -0.39 is 12.0 Å². The Morgan fingerprint density at radius 3 is 2.50 bits per heavy atom. The summed E-state index contributed by atoms with van der Waals surface area (Å²) in [6, 6.07) is 21.7. The molecule has 1 aliphatic rings. The molecular formula is C29H27N3O4. The number of aryl methyl sites for hydroxylation is 3. The van der Waals surface area contributed by atoms with E-state index in [1.54, 1.807) is 47.4 Å². The number of hydrogen-bond donors (Lipinski definition) is 0. The molecule has 1 heterocycles. The topological polar surface area (TPSA) is 90.7 Å². The number of amides is 3. The highest BCUT2D eigenvalue weighted by Gasteiger charge is 2.29. The molecular weight excluding hydrogens is 454 g/mol. The van der Waals surface area contributed by atoms with Gasteiger partial charge in [-0.25, -0.2) is 9.69 Å². The second-order valence-electron chi connectivity index (χ2n) is 8.70. The Morgan fingerprint density at radius 2 is 1.81 bits per heavy atom. The molecule has 36 heavy (non-hydrogen) atoms. The van der Waals surface area contributed by atoms with Crippen LogP contribution in [-0.4, -0.2) is 31.6 Å². The van der Waals surface area contributed by atoms with Crippen molar-refractivity contribution < 1.29 is 19.1 Å². The zero-order valence-corrected chi connectivity index (χ0v) is 20.4. The first-order valence-electron chi connectivity index (χ1n) is 11.8. The molecule has 3 aromatic rings. The predicted octanol–water partition coefficient (Wildman–Crippen LogP) is 5.19. The first-order valence-corrected chi connectivity index (χ1v) is 11.8. The predicted molar refractivity (Wildman–Crippen MR) is 137 cm³/mol. The second kappa shape index (κ2) is 10.9. The van der Waals surface area contributed by atoms with Gasteiger partial charge in [0.2, 0.25) is 5.91 Å². The summed E-state index contributed by atoms with van der Waals surface area (Å²) < 4.78 is 4.90. The average Bonchev–Trinajstić information content (AvgIpc) is 2.92. The fraction of sp³-hybridized carbons (Fsp3) is 0.241. The maximum absolute atomic E-state index is 13.4. The van der Waals surface area contributed by atoms with E-state index in [1.807, 2.05) is 31.2 Å². The number of benzene rings is 3. The fourth-order valence-electron chi connectivity index (χ4n) is 4.45. The summed E-state index contributed by atoms with van der Waals surface area (Å²) >= 11 is 0. The van der Waals surface area contributed by atoms with E-state index in [2.05, 4.69) is 6.07 Å². The fourth-order valence-corrected chi connectivity index (χ4v) is 4.45. The molecule has 3 aromatic carbocycles. The summed E-state index contributed by atoms with van der Waals surface area (Å²) in [5.41, 5.74) is 4.87. The van der Waals surface area contributed by atoms with E-state index in [0.717, 1.165) is 40.1 Å². The van der Waals surface area contributed by atoms with E-state index in [1.165, 1.54) is 7.11 Å².